The first-order valence-corrected chi connectivity index (χ1v) is 5.96. The van der Waals surface area contributed by atoms with Crippen LogP contribution in [0.3, 0.4) is 0 Å². The van der Waals surface area contributed by atoms with Crippen molar-refractivity contribution in [2.45, 2.75) is 32.1 Å². The minimum atomic E-state index is -0.300. The molecule has 92 valence electrons. The number of hydrogen-bond acceptors (Lipinski definition) is 3. The van der Waals surface area contributed by atoms with Gasteiger partial charge in [0.2, 0.25) is 11.8 Å². The van der Waals surface area contributed by atoms with Crippen molar-refractivity contribution >= 4 is 11.8 Å². The van der Waals surface area contributed by atoms with Gasteiger partial charge in [0, 0.05) is 6.54 Å². The molecule has 1 fully saturated rings. The third-order valence-corrected chi connectivity index (χ3v) is 2.98. The van der Waals surface area contributed by atoms with Gasteiger partial charge in [-0.3, -0.25) is 9.59 Å². The van der Waals surface area contributed by atoms with E-state index in [0.29, 0.717) is 6.54 Å². The van der Waals surface area contributed by atoms with Crippen molar-refractivity contribution in [1.29, 1.82) is 0 Å². The van der Waals surface area contributed by atoms with Crippen LogP contribution in [0.1, 0.15) is 32.1 Å². The van der Waals surface area contributed by atoms with Gasteiger partial charge in [-0.2, -0.15) is 0 Å². The maximum Gasteiger partial charge on any atom is 0.239 e. The highest BCUT2D eigenvalue weighted by Crippen LogP contribution is 2.26. The fraction of sp³-hybridized carbons (Fsp3) is 0.818. The Bertz CT molecular complexity index is 237. The highest BCUT2D eigenvalue weighted by molar-refractivity contribution is 5.85. The number of nitrogens with two attached hydrogens (primary N) is 1. The largest absolute Gasteiger partial charge is 0.355 e. The van der Waals surface area contributed by atoms with Crippen LogP contribution in [0, 0.1) is 5.92 Å². The predicted molar refractivity (Wildman–Crippen MR) is 61.6 cm³/mol. The molecule has 4 N–H and O–H groups in total. The summed E-state index contributed by atoms with van der Waals surface area (Å²) in [6, 6.07) is 0. The molecule has 0 unspecified atom stereocenters. The van der Waals surface area contributed by atoms with Crippen LogP contribution in [0.25, 0.3) is 0 Å². The van der Waals surface area contributed by atoms with Crippen LogP contribution in [-0.4, -0.2) is 31.4 Å². The molecule has 5 heteroatoms. The molecule has 5 nitrogen and oxygen atoms in total. The van der Waals surface area contributed by atoms with Crippen molar-refractivity contribution < 1.29 is 9.59 Å². The second-order valence-electron chi connectivity index (χ2n) is 4.27. The molecule has 1 saturated carbocycles. The maximum absolute atomic E-state index is 11.3. The number of nitrogens with one attached hydrogen (secondary N) is 2. The van der Waals surface area contributed by atoms with E-state index in [9.17, 15) is 9.59 Å². The van der Waals surface area contributed by atoms with E-state index in [-0.39, 0.29) is 24.9 Å². The highest BCUT2D eigenvalue weighted by atomic mass is 16.2. The van der Waals surface area contributed by atoms with E-state index in [1.807, 2.05) is 0 Å². The molecule has 0 bridgehead atoms. The Kier molecular flexibility index (Phi) is 5.85. The smallest absolute Gasteiger partial charge is 0.239 e. The van der Waals surface area contributed by atoms with Crippen LogP contribution in [0.4, 0.5) is 0 Å². The van der Waals surface area contributed by atoms with Gasteiger partial charge in [-0.15, -0.1) is 0 Å². The molecule has 0 spiro atoms. The first kappa shape index (κ1) is 13.0. The first-order valence-electron chi connectivity index (χ1n) is 5.96. The third-order valence-electron chi connectivity index (χ3n) is 2.98. The van der Waals surface area contributed by atoms with E-state index >= 15 is 0 Å². The molecular weight excluding hydrogens is 206 g/mol. The fourth-order valence-electron chi connectivity index (χ4n) is 2.03. The van der Waals surface area contributed by atoms with Crippen molar-refractivity contribution in [3.8, 4) is 0 Å². The molecule has 0 aromatic rings. The molecule has 0 aliphatic heterocycles. The Hall–Kier alpha value is -1.10. The van der Waals surface area contributed by atoms with E-state index in [1.54, 1.807) is 0 Å². The predicted octanol–water partition coefficient (Wildman–Crippen LogP) is -0.242. The van der Waals surface area contributed by atoms with Crippen molar-refractivity contribution in [2.75, 3.05) is 19.6 Å². The lowest BCUT2D eigenvalue weighted by Gasteiger charge is -2.10. The van der Waals surface area contributed by atoms with Gasteiger partial charge in [0.1, 0.15) is 0 Å². The average molecular weight is 227 g/mol. The van der Waals surface area contributed by atoms with E-state index in [0.717, 1.165) is 12.3 Å². The SMILES string of the molecule is NCC(=O)NCC(=O)NCCC1CCCC1. The molecule has 0 aromatic carbocycles. The summed E-state index contributed by atoms with van der Waals surface area (Å²) in [5.74, 6) is 0.338. The van der Waals surface area contributed by atoms with E-state index in [2.05, 4.69) is 10.6 Å². The van der Waals surface area contributed by atoms with Crippen LogP contribution in [0.15, 0.2) is 0 Å². The van der Waals surface area contributed by atoms with Crippen LogP contribution >= 0.6 is 0 Å². The second-order valence-corrected chi connectivity index (χ2v) is 4.27. The Labute approximate surface area is 96.1 Å². The second kappa shape index (κ2) is 7.22. The summed E-state index contributed by atoms with van der Waals surface area (Å²) in [5, 5.41) is 5.23. The molecule has 0 radical (unpaired) electrons. The molecule has 0 saturated heterocycles. The molecule has 1 aliphatic carbocycles. The summed E-state index contributed by atoms with van der Waals surface area (Å²) in [4.78, 5) is 22.1. The minimum absolute atomic E-state index is 0.0285. The van der Waals surface area contributed by atoms with E-state index < -0.39 is 0 Å². The summed E-state index contributed by atoms with van der Waals surface area (Å²) >= 11 is 0. The van der Waals surface area contributed by atoms with Crippen molar-refractivity contribution in [3.63, 3.8) is 0 Å². The lowest BCUT2D eigenvalue weighted by Crippen LogP contribution is -2.39. The van der Waals surface area contributed by atoms with Crippen molar-refractivity contribution in [2.24, 2.45) is 11.7 Å². The number of amides is 2. The molecule has 1 aliphatic rings. The number of hydrogen-bond donors (Lipinski definition) is 3. The molecule has 0 heterocycles. The molecular formula is C11H21N3O2. The van der Waals surface area contributed by atoms with Gasteiger partial charge in [0.15, 0.2) is 0 Å². The normalized spacial score (nSPS) is 16.1. The Morgan fingerprint density at radius 2 is 1.81 bits per heavy atom. The van der Waals surface area contributed by atoms with Gasteiger partial charge in [0.05, 0.1) is 13.1 Å². The maximum atomic E-state index is 11.3. The third kappa shape index (κ3) is 5.11. The lowest BCUT2D eigenvalue weighted by atomic mass is 10.0. The van der Waals surface area contributed by atoms with E-state index in [4.69, 9.17) is 5.73 Å². The minimum Gasteiger partial charge on any atom is -0.355 e. The van der Waals surface area contributed by atoms with Crippen LogP contribution in [-0.2, 0) is 9.59 Å². The molecule has 0 atom stereocenters. The van der Waals surface area contributed by atoms with Gasteiger partial charge in [-0.25, -0.2) is 0 Å². The Morgan fingerprint density at radius 3 is 2.44 bits per heavy atom. The summed E-state index contributed by atoms with van der Waals surface area (Å²) < 4.78 is 0. The monoisotopic (exact) mass is 227 g/mol. The Morgan fingerprint density at radius 1 is 1.12 bits per heavy atom. The molecule has 1 rings (SSSR count). The first-order chi connectivity index (χ1) is 7.72. The quantitative estimate of drug-likeness (QED) is 0.585. The van der Waals surface area contributed by atoms with Gasteiger partial charge in [-0.05, 0) is 12.3 Å². The van der Waals surface area contributed by atoms with Gasteiger partial charge < -0.3 is 16.4 Å². The van der Waals surface area contributed by atoms with Crippen molar-refractivity contribution in [1.82, 2.24) is 10.6 Å². The summed E-state index contributed by atoms with van der Waals surface area (Å²) in [7, 11) is 0. The molecule has 16 heavy (non-hydrogen) atoms. The van der Waals surface area contributed by atoms with Crippen LogP contribution < -0.4 is 16.4 Å². The zero-order chi connectivity index (χ0) is 11.8. The van der Waals surface area contributed by atoms with Crippen molar-refractivity contribution in [3.05, 3.63) is 0 Å². The summed E-state index contributed by atoms with van der Waals surface area (Å²) in [5.41, 5.74) is 5.10. The number of rotatable bonds is 6. The van der Waals surface area contributed by atoms with Crippen LogP contribution in [0.5, 0.6) is 0 Å². The van der Waals surface area contributed by atoms with E-state index in [1.165, 1.54) is 25.7 Å². The summed E-state index contributed by atoms with van der Waals surface area (Å²) in [6.45, 7) is 0.665. The zero-order valence-corrected chi connectivity index (χ0v) is 9.63. The number of carbonyl (C=O) groups excluding carboxylic acids is 2. The standard InChI is InChI=1S/C11H21N3O2/c12-7-10(15)14-8-11(16)13-6-5-9-3-1-2-4-9/h9H,1-8,12H2,(H,13,16)(H,14,15). The molecule has 2 amide bonds. The zero-order valence-electron chi connectivity index (χ0n) is 9.63. The van der Waals surface area contributed by atoms with Crippen LogP contribution in [0.2, 0.25) is 0 Å². The van der Waals surface area contributed by atoms with Gasteiger partial charge >= 0.3 is 0 Å². The Balaban J connectivity index is 1.99. The topological polar surface area (TPSA) is 84.2 Å². The highest BCUT2D eigenvalue weighted by Gasteiger charge is 2.14. The van der Waals surface area contributed by atoms with Gasteiger partial charge in [0.25, 0.3) is 0 Å². The number of carbonyl (C=O) groups is 2. The molecule has 0 aromatic heterocycles. The summed E-state index contributed by atoms with van der Waals surface area (Å²) in [6.07, 6.45) is 6.28. The fourth-order valence-corrected chi connectivity index (χ4v) is 2.03. The lowest BCUT2D eigenvalue weighted by molar-refractivity contribution is -0.125. The van der Waals surface area contributed by atoms with Gasteiger partial charge in [-0.1, -0.05) is 25.7 Å². The average Bonchev–Trinajstić information content (AvgIpc) is 2.79.